The first-order chi connectivity index (χ1) is 18.0. The molecule has 1 atom stereocenters. The van der Waals surface area contributed by atoms with Crippen molar-refractivity contribution in [2.75, 3.05) is 13.2 Å². The fourth-order valence-electron chi connectivity index (χ4n) is 4.85. The van der Waals surface area contributed by atoms with Crippen LogP contribution in [0, 0.1) is 19.3 Å². The van der Waals surface area contributed by atoms with Crippen molar-refractivity contribution >= 4 is 5.91 Å². The van der Waals surface area contributed by atoms with Crippen LogP contribution in [-0.2, 0) is 10.2 Å². The van der Waals surface area contributed by atoms with E-state index in [0.29, 0.717) is 13.0 Å². The number of ether oxygens (including phenoxy) is 2. The van der Waals surface area contributed by atoms with Crippen molar-refractivity contribution in [1.82, 2.24) is 5.48 Å². The van der Waals surface area contributed by atoms with Gasteiger partial charge >= 0.3 is 0 Å². The van der Waals surface area contributed by atoms with E-state index in [1.807, 2.05) is 26.8 Å². The van der Waals surface area contributed by atoms with Gasteiger partial charge in [-0.1, -0.05) is 71.7 Å². The Morgan fingerprint density at radius 2 is 1.39 bits per heavy atom. The lowest BCUT2D eigenvalue weighted by atomic mass is 9.70. The van der Waals surface area contributed by atoms with Crippen molar-refractivity contribution in [3.8, 4) is 11.5 Å². The number of aliphatic hydroxyl groups is 1. The topological polar surface area (TPSA) is 88.0 Å². The number of benzene rings is 2. The van der Waals surface area contributed by atoms with Crippen molar-refractivity contribution in [1.29, 1.82) is 0 Å². The highest BCUT2D eigenvalue weighted by Gasteiger charge is 2.32. The molecule has 2 aromatic rings. The van der Waals surface area contributed by atoms with Crippen molar-refractivity contribution < 1.29 is 24.6 Å². The van der Waals surface area contributed by atoms with Crippen LogP contribution in [0.2, 0.25) is 0 Å². The second kappa shape index (κ2) is 14.5. The SMILES string of the molecule is CCC(CC)(c1ccc(OCCCCCCC(=O)NO)c(C)c1)c1ccc(OCC(O)C(C)(C)C)c(C)c1. The summed E-state index contributed by atoms with van der Waals surface area (Å²) in [4.78, 5) is 11.1. The Labute approximate surface area is 229 Å². The van der Waals surface area contributed by atoms with Gasteiger partial charge in [0.25, 0.3) is 0 Å². The van der Waals surface area contributed by atoms with Gasteiger partial charge in [0, 0.05) is 11.8 Å². The van der Waals surface area contributed by atoms with E-state index in [4.69, 9.17) is 14.7 Å². The summed E-state index contributed by atoms with van der Waals surface area (Å²) >= 11 is 0. The monoisotopic (exact) mass is 527 g/mol. The lowest BCUT2D eigenvalue weighted by molar-refractivity contribution is -0.129. The van der Waals surface area contributed by atoms with Gasteiger partial charge in [0.05, 0.1) is 12.7 Å². The van der Waals surface area contributed by atoms with Crippen LogP contribution in [0.1, 0.15) is 102 Å². The molecule has 2 rings (SSSR count). The average molecular weight is 528 g/mol. The number of hydroxylamine groups is 1. The molecule has 0 bridgehead atoms. The third kappa shape index (κ3) is 8.47. The second-order valence-corrected chi connectivity index (χ2v) is 11.5. The number of unbranched alkanes of at least 4 members (excludes halogenated alkanes) is 3. The van der Waals surface area contributed by atoms with Gasteiger partial charge in [-0.25, -0.2) is 5.48 Å². The number of rotatable bonds is 15. The molecule has 38 heavy (non-hydrogen) atoms. The second-order valence-electron chi connectivity index (χ2n) is 11.5. The van der Waals surface area contributed by atoms with Gasteiger partial charge < -0.3 is 14.6 Å². The minimum atomic E-state index is -0.532. The van der Waals surface area contributed by atoms with Crippen molar-refractivity contribution in [2.24, 2.45) is 5.41 Å². The Hall–Kier alpha value is -2.57. The van der Waals surface area contributed by atoms with E-state index >= 15 is 0 Å². The lowest BCUT2D eigenvalue weighted by Gasteiger charge is -2.34. The maximum Gasteiger partial charge on any atom is 0.243 e. The van der Waals surface area contributed by atoms with Gasteiger partial charge in [-0.05, 0) is 79.3 Å². The highest BCUT2D eigenvalue weighted by Crippen LogP contribution is 2.41. The van der Waals surface area contributed by atoms with E-state index in [2.05, 4.69) is 58.0 Å². The molecular formula is C32H49NO5. The summed E-state index contributed by atoms with van der Waals surface area (Å²) in [5, 5.41) is 18.9. The van der Waals surface area contributed by atoms with Crippen LogP contribution in [0.4, 0.5) is 0 Å². The number of nitrogens with one attached hydrogen (secondary N) is 1. The van der Waals surface area contributed by atoms with Crippen molar-refractivity contribution in [3.05, 3.63) is 58.7 Å². The number of aryl methyl sites for hydroxylation is 2. The molecule has 2 aromatic carbocycles. The summed E-state index contributed by atoms with van der Waals surface area (Å²) in [6.07, 6.45) is 5.38. The Morgan fingerprint density at radius 1 is 0.868 bits per heavy atom. The zero-order valence-corrected chi connectivity index (χ0v) is 24.5. The summed E-state index contributed by atoms with van der Waals surface area (Å²) in [5.41, 5.74) is 6.09. The van der Waals surface area contributed by atoms with Gasteiger partial charge in [-0.15, -0.1) is 0 Å². The minimum absolute atomic E-state index is 0.113. The number of aliphatic hydroxyl groups excluding tert-OH is 1. The molecule has 0 saturated carbocycles. The maximum absolute atomic E-state index is 11.1. The van der Waals surface area contributed by atoms with Crippen LogP contribution >= 0.6 is 0 Å². The number of hydrogen-bond acceptors (Lipinski definition) is 5. The van der Waals surface area contributed by atoms with Gasteiger partial charge in [0.15, 0.2) is 0 Å². The Kier molecular flexibility index (Phi) is 12.1. The van der Waals surface area contributed by atoms with E-state index in [1.165, 1.54) is 11.1 Å². The Balaban J connectivity index is 2.08. The van der Waals surface area contributed by atoms with Crippen LogP contribution in [0.15, 0.2) is 36.4 Å². The zero-order chi connectivity index (χ0) is 28.3. The first kappa shape index (κ1) is 31.6. The molecule has 6 nitrogen and oxygen atoms in total. The van der Waals surface area contributed by atoms with Gasteiger partial charge in [-0.2, -0.15) is 0 Å². The molecule has 0 spiro atoms. The Morgan fingerprint density at radius 3 is 1.87 bits per heavy atom. The summed E-state index contributed by atoms with van der Waals surface area (Å²) in [7, 11) is 0. The largest absolute Gasteiger partial charge is 0.493 e. The van der Waals surface area contributed by atoms with E-state index < -0.39 is 6.10 Å². The Bertz CT molecular complexity index is 1020. The van der Waals surface area contributed by atoms with Crippen molar-refractivity contribution in [2.45, 2.75) is 105 Å². The number of carbonyl (C=O) groups excluding carboxylic acids is 1. The van der Waals surface area contributed by atoms with Crippen molar-refractivity contribution in [3.63, 3.8) is 0 Å². The van der Waals surface area contributed by atoms with E-state index in [1.54, 1.807) is 5.48 Å². The first-order valence-corrected chi connectivity index (χ1v) is 14.1. The minimum Gasteiger partial charge on any atom is -0.493 e. The molecule has 0 aliphatic carbocycles. The molecular weight excluding hydrogens is 478 g/mol. The summed E-state index contributed by atoms with van der Waals surface area (Å²) in [5.74, 6) is 1.39. The predicted molar refractivity (Wildman–Crippen MR) is 153 cm³/mol. The molecule has 0 aromatic heterocycles. The normalized spacial score (nSPS) is 12.8. The summed E-state index contributed by atoms with van der Waals surface area (Å²) in [6, 6.07) is 13.0. The van der Waals surface area contributed by atoms with Gasteiger partial charge in [0.1, 0.15) is 18.1 Å². The van der Waals surface area contributed by atoms with Crippen LogP contribution in [0.3, 0.4) is 0 Å². The average Bonchev–Trinajstić information content (AvgIpc) is 2.88. The molecule has 0 aliphatic heterocycles. The third-order valence-corrected chi connectivity index (χ3v) is 7.74. The summed E-state index contributed by atoms with van der Waals surface area (Å²) in [6.45, 7) is 15.6. The number of amides is 1. The van der Waals surface area contributed by atoms with E-state index in [9.17, 15) is 9.90 Å². The highest BCUT2D eigenvalue weighted by molar-refractivity contribution is 5.74. The van der Waals surface area contributed by atoms with Gasteiger partial charge in [-0.3, -0.25) is 10.0 Å². The van der Waals surface area contributed by atoms with Crippen LogP contribution in [0.25, 0.3) is 0 Å². The molecule has 1 amide bonds. The van der Waals surface area contributed by atoms with Crippen LogP contribution in [0.5, 0.6) is 11.5 Å². The molecule has 6 heteroatoms. The molecule has 3 N–H and O–H groups in total. The fraction of sp³-hybridized carbons (Fsp3) is 0.594. The van der Waals surface area contributed by atoms with Crippen LogP contribution < -0.4 is 15.0 Å². The fourth-order valence-corrected chi connectivity index (χ4v) is 4.85. The quantitative estimate of drug-likeness (QED) is 0.131. The van der Waals surface area contributed by atoms with E-state index in [-0.39, 0.29) is 23.3 Å². The highest BCUT2D eigenvalue weighted by atomic mass is 16.5. The van der Waals surface area contributed by atoms with Crippen LogP contribution in [-0.4, -0.2) is 35.5 Å². The molecule has 0 fully saturated rings. The predicted octanol–water partition coefficient (Wildman–Crippen LogP) is 7.03. The molecule has 0 heterocycles. The smallest absolute Gasteiger partial charge is 0.243 e. The van der Waals surface area contributed by atoms with E-state index in [0.717, 1.165) is 61.2 Å². The number of hydrogen-bond donors (Lipinski definition) is 3. The maximum atomic E-state index is 11.1. The molecule has 1 unspecified atom stereocenters. The number of carbonyl (C=O) groups is 1. The summed E-state index contributed by atoms with van der Waals surface area (Å²) < 4.78 is 12.1. The standard InChI is InChI=1S/C32H49NO5/c1-8-32(9-2,26-16-18-28(24(4)21-26)38-22-29(34)31(5,6)7)25-15-17-27(23(3)20-25)37-19-13-11-10-12-14-30(35)33-36/h15-18,20-21,29,34,36H,8-14,19,22H2,1-7H3,(H,33,35). The lowest BCUT2D eigenvalue weighted by Crippen LogP contribution is -2.32. The third-order valence-electron chi connectivity index (χ3n) is 7.74. The molecule has 0 aliphatic rings. The molecule has 0 saturated heterocycles. The van der Waals surface area contributed by atoms with Gasteiger partial charge in [0.2, 0.25) is 5.91 Å². The molecule has 212 valence electrons. The molecule has 0 radical (unpaired) electrons. The zero-order valence-electron chi connectivity index (χ0n) is 24.5. The first-order valence-electron chi connectivity index (χ1n) is 14.1.